The van der Waals surface area contributed by atoms with E-state index in [1.165, 1.54) is 0 Å². The van der Waals surface area contributed by atoms with E-state index in [2.05, 4.69) is 0 Å². The summed E-state index contributed by atoms with van der Waals surface area (Å²) in [5.41, 5.74) is 0. The van der Waals surface area contributed by atoms with Crippen molar-refractivity contribution < 1.29 is 30.8 Å². The second kappa shape index (κ2) is 19.0. The van der Waals surface area contributed by atoms with Gasteiger partial charge in [0.25, 0.3) is 10.2 Å². The van der Waals surface area contributed by atoms with Crippen LogP contribution in [0.25, 0.3) is 0 Å². The molecule has 0 aliphatic rings. The van der Waals surface area contributed by atoms with Gasteiger partial charge in [-0.2, -0.15) is 0 Å². The van der Waals surface area contributed by atoms with Crippen LogP contribution in [0, 0.1) is 20.2 Å². The van der Waals surface area contributed by atoms with Crippen molar-refractivity contribution in [3.05, 3.63) is 20.2 Å². The number of hydrogen-bond acceptors (Lipinski definition) is 6. The molecule has 0 radical (unpaired) electrons. The van der Waals surface area contributed by atoms with Gasteiger partial charge in [-0.1, -0.05) is 12.8 Å². The topological polar surface area (TPSA) is 167 Å². The first-order chi connectivity index (χ1) is 7.38. The van der Waals surface area contributed by atoms with E-state index >= 15 is 0 Å². The molecule has 0 bridgehead atoms. The van der Waals surface area contributed by atoms with E-state index in [9.17, 15) is 0 Å². The fourth-order valence-corrected chi connectivity index (χ4v) is 0.577. The zero-order chi connectivity index (χ0) is 13.4. The highest BCUT2D eigenvalue weighted by Crippen LogP contribution is 1.96. The average Bonchev–Trinajstić information content (AvgIpc) is 2.11. The Labute approximate surface area is 91.0 Å². The first-order valence-corrected chi connectivity index (χ1v) is 4.26. The summed E-state index contributed by atoms with van der Waals surface area (Å²) in [7, 11) is 0. The summed E-state index contributed by atoms with van der Waals surface area (Å²) in [6, 6.07) is 0. The molecule has 10 heteroatoms. The molecule has 16 heavy (non-hydrogen) atoms. The molecule has 0 aromatic heterocycles. The van der Waals surface area contributed by atoms with E-state index in [1.54, 1.807) is 0 Å². The second-order valence-electron chi connectivity index (χ2n) is 2.34. The molecule has 0 aliphatic carbocycles. The van der Waals surface area contributed by atoms with Gasteiger partial charge in [0.1, 0.15) is 0 Å². The Morgan fingerprint density at radius 2 is 0.938 bits per heavy atom. The SMILES string of the molecule is O=[N+]([O-])O.O=[N+]([O-])O.OCCCCCCO. The van der Waals surface area contributed by atoms with E-state index in [4.69, 9.17) is 40.9 Å². The van der Waals surface area contributed by atoms with E-state index < -0.39 is 10.2 Å². The Hall–Kier alpha value is -1.68. The fraction of sp³-hybridized carbons (Fsp3) is 1.00. The van der Waals surface area contributed by atoms with Crippen LogP contribution in [-0.2, 0) is 0 Å². The minimum atomic E-state index is -1.50. The average molecular weight is 244 g/mol. The van der Waals surface area contributed by atoms with Crippen LogP contribution in [-0.4, -0.2) is 44.0 Å². The normalized spacial score (nSPS) is 7.88. The van der Waals surface area contributed by atoms with Crippen LogP contribution in [0.3, 0.4) is 0 Å². The van der Waals surface area contributed by atoms with E-state index in [0.717, 1.165) is 25.7 Å². The summed E-state index contributed by atoms with van der Waals surface area (Å²) < 4.78 is 0. The molecule has 98 valence electrons. The molecule has 0 aliphatic heterocycles. The quantitative estimate of drug-likeness (QED) is 0.293. The predicted molar refractivity (Wildman–Crippen MR) is 50.2 cm³/mol. The van der Waals surface area contributed by atoms with Crippen molar-refractivity contribution in [3.63, 3.8) is 0 Å². The van der Waals surface area contributed by atoms with Crippen molar-refractivity contribution in [1.29, 1.82) is 0 Å². The fourth-order valence-electron chi connectivity index (χ4n) is 0.577. The Balaban J connectivity index is -0.000000179. The van der Waals surface area contributed by atoms with Crippen molar-refractivity contribution in [2.75, 3.05) is 13.2 Å². The first kappa shape index (κ1) is 19.8. The monoisotopic (exact) mass is 244 g/mol. The third-order valence-corrected chi connectivity index (χ3v) is 1.07. The lowest BCUT2D eigenvalue weighted by Crippen LogP contribution is -1.85. The number of rotatable bonds is 5. The largest absolute Gasteiger partial charge is 0.396 e. The maximum absolute atomic E-state index is 8.36. The van der Waals surface area contributed by atoms with Crippen LogP contribution in [0.5, 0.6) is 0 Å². The first-order valence-electron chi connectivity index (χ1n) is 4.26. The van der Waals surface area contributed by atoms with Crippen molar-refractivity contribution in [2.24, 2.45) is 0 Å². The van der Waals surface area contributed by atoms with Gasteiger partial charge in [0.05, 0.1) is 0 Å². The maximum Gasteiger partial charge on any atom is 0.291 e. The number of aliphatic hydroxyl groups is 2. The summed E-state index contributed by atoms with van der Waals surface area (Å²) in [5, 5.41) is 43.9. The van der Waals surface area contributed by atoms with Crippen molar-refractivity contribution in [2.45, 2.75) is 25.7 Å². The van der Waals surface area contributed by atoms with Gasteiger partial charge < -0.3 is 20.6 Å². The summed E-state index contributed by atoms with van der Waals surface area (Å²) in [6.45, 7) is 0.566. The zero-order valence-corrected chi connectivity index (χ0v) is 8.56. The molecule has 4 N–H and O–H groups in total. The number of unbranched alkanes of at least 4 members (excludes halogenated alkanes) is 3. The van der Waals surface area contributed by atoms with Crippen molar-refractivity contribution in [3.8, 4) is 0 Å². The van der Waals surface area contributed by atoms with Crippen molar-refractivity contribution in [1.82, 2.24) is 0 Å². The van der Waals surface area contributed by atoms with E-state index in [0.29, 0.717) is 0 Å². The lowest BCUT2D eigenvalue weighted by Gasteiger charge is -1.93. The van der Waals surface area contributed by atoms with Gasteiger partial charge in [0.15, 0.2) is 0 Å². The molecule has 0 aromatic rings. The van der Waals surface area contributed by atoms with Crippen LogP contribution in [0.2, 0.25) is 0 Å². The Kier molecular flexibility index (Phi) is 23.5. The molecule has 0 fully saturated rings. The summed E-state index contributed by atoms with van der Waals surface area (Å²) >= 11 is 0. The van der Waals surface area contributed by atoms with Crippen LogP contribution in [0.1, 0.15) is 25.7 Å². The number of nitrogens with zero attached hydrogens (tertiary/aromatic N) is 2. The molecule has 10 nitrogen and oxygen atoms in total. The van der Waals surface area contributed by atoms with E-state index in [-0.39, 0.29) is 13.2 Å². The third kappa shape index (κ3) is 143. The Morgan fingerprint density at radius 1 is 0.750 bits per heavy atom. The third-order valence-electron chi connectivity index (χ3n) is 1.07. The highest BCUT2D eigenvalue weighted by molar-refractivity contribution is 4.39. The van der Waals surface area contributed by atoms with Gasteiger partial charge in [-0.3, -0.25) is 0 Å². The van der Waals surface area contributed by atoms with Gasteiger partial charge in [-0.25, -0.2) is 0 Å². The van der Waals surface area contributed by atoms with Gasteiger partial charge >= 0.3 is 0 Å². The minimum Gasteiger partial charge on any atom is -0.396 e. The molecule has 0 aromatic carbocycles. The van der Waals surface area contributed by atoms with Crippen LogP contribution < -0.4 is 0 Å². The molecule has 0 heterocycles. The zero-order valence-electron chi connectivity index (χ0n) is 8.56. The molecule has 0 rings (SSSR count). The Morgan fingerprint density at radius 3 is 1.06 bits per heavy atom. The highest BCUT2D eigenvalue weighted by atomic mass is 16.9. The molecule has 0 unspecified atom stereocenters. The van der Waals surface area contributed by atoms with Crippen LogP contribution in [0.4, 0.5) is 0 Å². The predicted octanol–water partition coefficient (Wildman–Crippen LogP) is -0.164. The maximum atomic E-state index is 8.36. The molecule has 0 spiro atoms. The minimum absolute atomic E-state index is 0.283. The molecule has 0 atom stereocenters. The molecule has 0 amide bonds. The molecule has 0 saturated carbocycles. The van der Waals surface area contributed by atoms with E-state index in [1.807, 2.05) is 0 Å². The second-order valence-corrected chi connectivity index (χ2v) is 2.34. The molecule has 0 saturated heterocycles. The molecular weight excluding hydrogens is 228 g/mol. The number of hydrogen-bond donors (Lipinski definition) is 4. The smallest absolute Gasteiger partial charge is 0.291 e. The van der Waals surface area contributed by atoms with Crippen molar-refractivity contribution >= 4 is 0 Å². The van der Waals surface area contributed by atoms with Crippen LogP contribution in [0.15, 0.2) is 0 Å². The number of aliphatic hydroxyl groups excluding tert-OH is 2. The van der Waals surface area contributed by atoms with Gasteiger partial charge in [-0.15, -0.1) is 20.2 Å². The highest BCUT2D eigenvalue weighted by Gasteiger charge is 1.84. The Bertz CT molecular complexity index is 139. The summed E-state index contributed by atoms with van der Waals surface area (Å²) in [6.07, 6.45) is 3.83. The lowest BCUT2D eigenvalue weighted by molar-refractivity contribution is -0.742. The van der Waals surface area contributed by atoms with Gasteiger partial charge in [0.2, 0.25) is 0 Å². The van der Waals surface area contributed by atoms with Gasteiger partial charge in [0, 0.05) is 13.2 Å². The summed E-state index contributed by atoms with van der Waals surface area (Å²) in [5.74, 6) is 0. The van der Waals surface area contributed by atoms with Gasteiger partial charge in [-0.05, 0) is 12.8 Å². The van der Waals surface area contributed by atoms with Crippen LogP contribution >= 0.6 is 0 Å². The standard InChI is InChI=1S/C6H14O2.2HNO3/c7-5-3-1-2-4-6-8;2*2-1(3)4/h7-8H,1-6H2;2*(H,2,3,4). The lowest BCUT2D eigenvalue weighted by atomic mass is 10.2. The summed E-state index contributed by atoms with van der Waals surface area (Å²) in [4.78, 5) is 16.7. The molecular formula is C6H16N2O8.